The minimum atomic E-state index is -0.299. The summed E-state index contributed by atoms with van der Waals surface area (Å²) in [4.78, 5) is 15.4. The molecule has 2 heterocycles. The predicted octanol–water partition coefficient (Wildman–Crippen LogP) is 0.612. The lowest BCUT2D eigenvalue weighted by atomic mass is 10.2. The minimum absolute atomic E-state index is 0.299. The Morgan fingerprint density at radius 2 is 2.11 bits per heavy atom. The van der Waals surface area contributed by atoms with Gasteiger partial charge in [0.1, 0.15) is 12.1 Å². The lowest BCUT2D eigenvalue weighted by molar-refractivity contribution is 0.990. The molecule has 3 rings (SSSR count). The van der Waals surface area contributed by atoms with Gasteiger partial charge in [-0.1, -0.05) is 12.1 Å². The lowest BCUT2D eigenvalue weighted by Crippen LogP contribution is -2.10. The molecule has 0 aliphatic carbocycles. The fourth-order valence-corrected chi connectivity index (χ4v) is 1.73. The second-order valence-electron chi connectivity index (χ2n) is 4.13. The fourth-order valence-electron chi connectivity index (χ4n) is 1.73. The molecule has 0 atom stereocenters. The van der Waals surface area contributed by atoms with Crippen LogP contribution in [0.2, 0.25) is 0 Å². The van der Waals surface area contributed by atoms with Crippen LogP contribution in [0.1, 0.15) is 5.56 Å². The number of aromatic nitrogens is 4. The molecule has 0 unspecified atom stereocenters. The molecule has 3 aromatic rings. The molecule has 0 amide bonds. The van der Waals surface area contributed by atoms with Crippen LogP contribution in [0, 0.1) is 0 Å². The highest BCUT2D eigenvalue weighted by atomic mass is 16.1. The molecular weight excluding hydrogens is 244 g/mol. The van der Waals surface area contributed by atoms with E-state index in [9.17, 15) is 4.79 Å². The first-order chi connectivity index (χ1) is 9.22. The van der Waals surface area contributed by atoms with Crippen LogP contribution >= 0.6 is 0 Å². The van der Waals surface area contributed by atoms with Gasteiger partial charge in [-0.15, -0.1) is 0 Å². The zero-order chi connectivity index (χ0) is 13.2. The van der Waals surface area contributed by atoms with Crippen molar-refractivity contribution in [2.24, 2.45) is 0 Å². The molecule has 96 valence electrons. The number of nitrogens with two attached hydrogens (primary N) is 1. The highest BCUT2D eigenvalue weighted by Crippen LogP contribution is 2.09. The van der Waals surface area contributed by atoms with Crippen molar-refractivity contribution in [3.8, 4) is 0 Å². The first-order valence-electron chi connectivity index (χ1n) is 5.73. The van der Waals surface area contributed by atoms with Crippen LogP contribution in [0.25, 0.3) is 5.65 Å². The predicted molar refractivity (Wildman–Crippen MR) is 71.8 cm³/mol. The molecular formula is C12H12N6O. The summed E-state index contributed by atoms with van der Waals surface area (Å²) in [6.45, 7) is 0.623. The average Bonchev–Trinajstić information content (AvgIpc) is 2.79. The highest BCUT2D eigenvalue weighted by molar-refractivity contribution is 5.49. The number of H-pyrrole nitrogens is 1. The summed E-state index contributed by atoms with van der Waals surface area (Å²) in [5, 5.41) is 9.39. The molecule has 0 bridgehead atoms. The van der Waals surface area contributed by atoms with Crippen LogP contribution in [-0.4, -0.2) is 19.6 Å². The summed E-state index contributed by atoms with van der Waals surface area (Å²) in [5.41, 5.74) is 7.68. The van der Waals surface area contributed by atoms with Crippen LogP contribution in [0.3, 0.4) is 0 Å². The minimum Gasteiger partial charge on any atom is -0.399 e. The van der Waals surface area contributed by atoms with Crippen LogP contribution < -0.4 is 16.7 Å². The summed E-state index contributed by atoms with van der Waals surface area (Å²) in [7, 11) is 0. The zero-order valence-corrected chi connectivity index (χ0v) is 10.00. The Kier molecular flexibility index (Phi) is 2.64. The van der Waals surface area contributed by atoms with Crippen LogP contribution in [0.4, 0.5) is 11.5 Å². The van der Waals surface area contributed by atoms with E-state index in [0.717, 1.165) is 11.3 Å². The monoisotopic (exact) mass is 256 g/mol. The number of rotatable bonds is 3. The number of nitrogens with one attached hydrogen (secondary N) is 2. The van der Waals surface area contributed by atoms with Gasteiger partial charge in [0, 0.05) is 18.3 Å². The van der Waals surface area contributed by atoms with Crippen molar-refractivity contribution in [1.82, 2.24) is 19.6 Å². The third-order valence-corrected chi connectivity index (χ3v) is 2.76. The fraction of sp³-hybridized carbons (Fsp3) is 0.0833. The number of hydrogen-bond donors (Lipinski definition) is 3. The van der Waals surface area contributed by atoms with Gasteiger partial charge >= 0.3 is 5.69 Å². The van der Waals surface area contributed by atoms with Gasteiger partial charge in [-0.3, -0.25) is 0 Å². The smallest absolute Gasteiger partial charge is 0.348 e. The molecule has 0 aliphatic heterocycles. The first-order valence-corrected chi connectivity index (χ1v) is 5.73. The normalized spacial score (nSPS) is 10.7. The van der Waals surface area contributed by atoms with E-state index in [1.807, 2.05) is 24.3 Å². The van der Waals surface area contributed by atoms with E-state index in [4.69, 9.17) is 5.73 Å². The molecule has 19 heavy (non-hydrogen) atoms. The van der Waals surface area contributed by atoms with Gasteiger partial charge in [0.2, 0.25) is 0 Å². The summed E-state index contributed by atoms with van der Waals surface area (Å²) < 4.78 is 1.34. The number of fused-ring (bicyclic) bond motifs is 1. The second kappa shape index (κ2) is 4.45. The van der Waals surface area contributed by atoms with E-state index in [1.54, 1.807) is 6.07 Å². The quantitative estimate of drug-likeness (QED) is 0.596. The summed E-state index contributed by atoms with van der Waals surface area (Å²) in [5.74, 6) is 0.656. The standard InChI is InChI=1S/C12H12N6O/c13-9-3-1-8(2-4-9)6-14-10-5-11-16-17-12(19)18(11)7-15-10/h1-5,7,14H,6,13H2,(H,17,19). The van der Waals surface area contributed by atoms with Crippen molar-refractivity contribution in [1.29, 1.82) is 0 Å². The molecule has 7 heteroatoms. The molecule has 7 nitrogen and oxygen atoms in total. The van der Waals surface area contributed by atoms with E-state index in [2.05, 4.69) is 20.5 Å². The molecule has 0 aliphatic rings. The Hall–Kier alpha value is -2.83. The third kappa shape index (κ3) is 2.25. The number of aromatic amines is 1. The van der Waals surface area contributed by atoms with E-state index < -0.39 is 0 Å². The number of nitrogens with zero attached hydrogens (tertiary/aromatic N) is 3. The van der Waals surface area contributed by atoms with Crippen molar-refractivity contribution >= 4 is 17.2 Å². The maximum absolute atomic E-state index is 11.3. The summed E-state index contributed by atoms with van der Waals surface area (Å²) >= 11 is 0. The second-order valence-corrected chi connectivity index (χ2v) is 4.13. The molecule has 0 saturated heterocycles. The van der Waals surface area contributed by atoms with Gasteiger partial charge in [-0.2, -0.15) is 5.10 Å². The van der Waals surface area contributed by atoms with Crippen LogP contribution in [0.15, 0.2) is 41.5 Å². The van der Waals surface area contributed by atoms with Crippen molar-refractivity contribution in [2.75, 3.05) is 11.1 Å². The summed E-state index contributed by atoms with van der Waals surface area (Å²) in [6.07, 6.45) is 1.44. The number of nitrogen functional groups attached to an aromatic ring is 1. The van der Waals surface area contributed by atoms with Crippen molar-refractivity contribution < 1.29 is 0 Å². The molecule has 2 aromatic heterocycles. The van der Waals surface area contributed by atoms with Gasteiger partial charge in [0.05, 0.1) is 0 Å². The molecule has 0 radical (unpaired) electrons. The van der Waals surface area contributed by atoms with Crippen molar-refractivity contribution in [2.45, 2.75) is 6.54 Å². The topological polar surface area (TPSA) is 101 Å². The summed E-state index contributed by atoms with van der Waals surface area (Å²) in [6, 6.07) is 9.29. The SMILES string of the molecule is Nc1ccc(CNc2cc3n[nH]c(=O)n3cn2)cc1. The van der Waals surface area contributed by atoms with Gasteiger partial charge in [0.25, 0.3) is 0 Å². The van der Waals surface area contributed by atoms with Gasteiger partial charge in [-0.05, 0) is 17.7 Å². The Morgan fingerprint density at radius 3 is 2.89 bits per heavy atom. The average molecular weight is 256 g/mol. The van der Waals surface area contributed by atoms with E-state index in [0.29, 0.717) is 18.0 Å². The van der Waals surface area contributed by atoms with Gasteiger partial charge < -0.3 is 11.1 Å². The third-order valence-electron chi connectivity index (χ3n) is 2.76. The molecule has 0 spiro atoms. The number of anilines is 2. The largest absolute Gasteiger partial charge is 0.399 e. The Balaban J connectivity index is 1.78. The first kappa shape index (κ1) is 11.3. The Labute approximate surface area is 108 Å². The molecule has 0 saturated carbocycles. The highest BCUT2D eigenvalue weighted by Gasteiger charge is 2.02. The van der Waals surface area contributed by atoms with E-state index >= 15 is 0 Å². The van der Waals surface area contributed by atoms with Crippen LogP contribution in [0.5, 0.6) is 0 Å². The molecule has 4 N–H and O–H groups in total. The molecule has 1 aromatic carbocycles. The maximum atomic E-state index is 11.3. The van der Waals surface area contributed by atoms with Gasteiger partial charge in [0.15, 0.2) is 5.65 Å². The van der Waals surface area contributed by atoms with Crippen LogP contribution in [-0.2, 0) is 6.54 Å². The van der Waals surface area contributed by atoms with Crippen molar-refractivity contribution in [3.63, 3.8) is 0 Å². The Bertz CT molecular complexity index is 758. The number of benzene rings is 1. The Morgan fingerprint density at radius 1 is 1.32 bits per heavy atom. The number of hydrogen-bond acceptors (Lipinski definition) is 5. The zero-order valence-electron chi connectivity index (χ0n) is 10.00. The van der Waals surface area contributed by atoms with E-state index in [1.165, 1.54) is 10.7 Å². The van der Waals surface area contributed by atoms with Gasteiger partial charge in [-0.25, -0.2) is 19.3 Å². The lowest BCUT2D eigenvalue weighted by Gasteiger charge is -2.05. The molecule has 0 fully saturated rings. The van der Waals surface area contributed by atoms with E-state index in [-0.39, 0.29) is 5.69 Å². The van der Waals surface area contributed by atoms with Crippen molar-refractivity contribution in [3.05, 3.63) is 52.7 Å². The maximum Gasteiger partial charge on any atom is 0.348 e.